The topological polar surface area (TPSA) is 75.4 Å². The normalized spacial score (nSPS) is 14.1. The first-order valence-corrected chi connectivity index (χ1v) is 5.74. The number of para-hydroxylation sites is 1. The molecule has 0 bridgehead atoms. The summed E-state index contributed by atoms with van der Waals surface area (Å²) >= 11 is 0. The molecule has 0 aromatic heterocycles. The molecule has 1 rings (SSSR count). The van der Waals surface area contributed by atoms with Crippen LogP contribution in [-0.2, 0) is 4.79 Å². The standard InChI is InChI=1S/C13H20N2O2/c1-4-13(3,8-14)12(17)15-10-7-5-6-9(2)11(10)16/h5-7,16H,4,8,14H2,1-3H3,(H,15,17). The number of nitrogens with two attached hydrogens (primary N) is 1. The molecule has 4 heteroatoms. The molecule has 0 radical (unpaired) electrons. The number of aryl methyl sites for hydroxylation is 1. The van der Waals surface area contributed by atoms with Crippen LogP contribution in [0.2, 0.25) is 0 Å². The van der Waals surface area contributed by atoms with E-state index in [1.807, 2.05) is 13.8 Å². The van der Waals surface area contributed by atoms with E-state index in [1.54, 1.807) is 25.1 Å². The molecular formula is C13H20N2O2. The molecule has 0 aliphatic rings. The van der Waals surface area contributed by atoms with Gasteiger partial charge in [0.2, 0.25) is 5.91 Å². The van der Waals surface area contributed by atoms with E-state index >= 15 is 0 Å². The summed E-state index contributed by atoms with van der Waals surface area (Å²) in [4.78, 5) is 12.1. The highest BCUT2D eigenvalue weighted by molar-refractivity contribution is 5.96. The molecule has 1 aromatic carbocycles. The van der Waals surface area contributed by atoms with E-state index in [-0.39, 0.29) is 18.2 Å². The van der Waals surface area contributed by atoms with Crippen molar-refractivity contribution in [1.29, 1.82) is 0 Å². The lowest BCUT2D eigenvalue weighted by atomic mass is 9.86. The number of hydrogen-bond acceptors (Lipinski definition) is 3. The fourth-order valence-electron chi connectivity index (χ4n) is 1.43. The highest BCUT2D eigenvalue weighted by Crippen LogP contribution is 2.29. The number of amides is 1. The number of benzene rings is 1. The summed E-state index contributed by atoms with van der Waals surface area (Å²) < 4.78 is 0. The maximum atomic E-state index is 12.1. The molecule has 0 spiro atoms. The van der Waals surface area contributed by atoms with Crippen LogP contribution >= 0.6 is 0 Å². The van der Waals surface area contributed by atoms with Crippen LogP contribution in [0.15, 0.2) is 18.2 Å². The van der Waals surface area contributed by atoms with E-state index in [4.69, 9.17) is 5.73 Å². The van der Waals surface area contributed by atoms with Gasteiger partial charge in [-0.15, -0.1) is 0 Å². The fourth-order valence-corrected chi connectivity index (χ4v) is 1.43. The molecule has 94 valence electrons. The van der Waals surface area contributed by atoms with E-state index in [0.717, 1.165) is 5.56 Å². The molecule has 0 saturated heterocycles. The zero-order valence-electron chi connectivity index (χ0n) is 10.6. The number of carbonyl (C=O) groups is 1. The number of carbonyl (C=O) groups excluding carboxylic acids is 1. The lowest BCUT2D eigenvalue weighted by Gasteiger charge is -2.25. The minimum Gasteiger partial charge on any atom is -0.505 e. The van der Waals surface area contributed by atoms with Crippen LogP contribution < -0.4 is 11.1 Å². The van der Waals surface area contributed by atoms with Gasteiger partial charge in [0.15, 0.2) is 0 Å². The number of phenolic OH excluding ortho intramolecular Hbond substituents is 1. The predicted octanol–water partition coefficient (Wildman–Crippen LogP) is 2.01. The van der Waals surface area contributed by atoms with Crippen LogP contribution in [0.25, 0.3) is 0 Å². The molecule has 17 heavy (non-hydrogen) atoms. The van der Waals surface area contributed by atoms with Gasteiger partial charge in [0.05, 0.1) is 11.1 Å². The highest BCUT2D eigenvalue weighted by atomic mass is 16.3. The van der Waals surface area contributed by atoms with Crippen molar-refractivity contribution in [2.24, 2.45) is 11.1 Å². The molecule has 0 fully saturated rings. The van der Waals surface area contributed by atoms with E-state index in [0.29, 0.717) is 12.1 Å². The first-order valence-electron chi connectivity index (χ1n) is 5.74. The summed E-state index contributed by atoms with van der Waals surface area (Å²) in [7, 11) is 0. The zero-order valence-corrected chi connectivity index (χ0v) is 10.6. The number of aromatic hydroxyl groups is 1. The van der Waals surface area contributed by atoms with Crippen molar-refractivity contribution < 1.29 is 9.90 Å². The van der Waals surface area contributed by atoms with Crippen LogP contribution in [0, 0.1) is 12.3 Å². The van der Waals surface area contributed by atoms with Gasteiger partial charge in [-0.25, -0.2) is 0 Å². The van der Waals surface area contributed by atoms with E-state index < -0.39 is 5.41 Å². The average Bonchev–Trinajstić information content (AvgIpc) is 2.33. The Morgan fingerprint density at radius 1 is 1.53 bits per heavy atom. The summed E-state index contributed by atoms with van der Waals surface area (Å²) in [6.45, 7) is 5.80. The molecule has 1 atom stereocenters. The quantitative estimate of drug-likeness (QED) is 0.700. The Bertz CT molecular complexity index is 412. The van der Waals surface area contributed by atoms with Crippen molar-refractivity contribution in [3.05, 3.63) is 23.8 Å². The van der Waals surface area contributed by atoms with Gasteiger partial charge in [-0.05, 0) is 31.9 Å². The molecule has 0 aliphatic heterocycles. The van der Waals surface area contributed by atoms with Crippen molar-refractivity contribution in [3.63, 3.8) is 0 Å². The van der Waals surface area contributed by atoms with E-state index in [9.17, 15) is 9.90 Å². The van der Waals surface area contributed by atoms with Crippen molar-refractivity contribution >= 4 is 11.6 Å². The maximum Gasteiger partial charge on any atom is 0.231 e. The SMILES string of the molecule is CCC(C)(CN)C(=O)Nc1cccc(C)c1O. The second-order valence-electron chi connectivity index (χ2n) is 4.54. The Balaban J connectivity index is 2.92. The molecule has 0 aliphatic carbocycles. The molecule has 0 saturated carbocycles. The summed E-state index contributed by atoms with van der Waals surface area (Å²) in [6, 6.07) is 5.25. The molecule has 1 amide bonds. The predicted molar refractivity (Wildman–Crippen MR) is 68.9 cm³/mol. The average molecular weight is 236 g/mol. The maximum absolute atomic E-state index is 12.1. The van der Waals surface area contributed by atoms with Crippen LogP contribution in [-0.4, -0.2) is 17.6 Å². The number of rotatable bonds is 4. The van der Waals surface area contributed by atoms with Gasteiger partial charge < -0.3 is 16.2 Å². The van der Waals surface area contributed by atoms with Crippen molar-refractivity contribution in [3.8, 4) is 5.75 Å². The number of hydrogen-bond donors (Lipinski definition) is 3. The smallest absolute Gasteiger partial charge is 0.231 e. The monoisotopic (exact) mass is 236 g/mol. The van der Waals surface area contributed by atoms with Crippen LogP contribution in [0.1, 0.15) is 25.8 Å². The Morgan fingerprint density at radius 2 is 2.18 bits per heavy atom. The third kappa shape index (κ3) is 2.77. The van der Waals surface area contributed by atoms with Gasteiger partial charge in [-0.3, -0.25) is 4.79 Å². The molecular weight excluding hydrogens is 216 g/mol. The number of nitrogens with one attached hydrogen (secondary N) is 1. The van der Waals surface area contributed by atoms with E-state index in [1.165, 1.54) is 0 Å². The Morgan fingerprint density at radius 3 is 2.71 bits per heavy atom. The summed E-state index contributed by atoms with van der Waals surface area (Å²) in [5.74, 6) is -0.0558. The Kier molecular flexibility index (Phi) is 4.12. The summed E-state index contributed by atoms with van der Waals surface area (Å²) in [5.41, 5.74) is 6.18. The van der Waals surface area contributed by atoms with Gasteiger partial charge >= 0.3 is 0 Å². The second kappa shape index (κ2) is 5.19. The third-order valence-electron chi connectivity index (χ3n) is 3.26. The van der Waals surface area contributed by atoms with Crippen LogP contribution in [0.5, 0.6) is 5.75 Å². The Hall–Kier alpha value is -1.55. The van der Waals surface area contributed by atoms with Gasteiger partial charge in [0, 0.05) is 6.54 Å². The van der Waals surface area contributed by atoms with Crippen LogP contribution in [0.4, 0.5) is 5.69 Å². The third-order valence-corrected chi connectivity index (χ3v) is 3.26. The lowest BCUT2D eigenvalue weighted by molar-refractivity contribution is -0.124. The van der Waals surface area contributed by atoms with Crippen LogP contribution in [0.3, 0.4) is 0 Å². The molecule has 4 nitrogen and oxygen atoms in total. The zero-order chi connectivity index (χ0) is 13.1. The Labute approximate surface area is 102 Å². The minimum atomic E-state index is -0.601. The fraction of sp³-hybridized carbons (Fsp3) is 0.462. The van der Waals surface area contributed by atoms with Gasteiger partial charge in [-0.2, -0.15) is 0 Å². The number of phenols is 1. The van der Waals surface area contributed by atoms with Crippen molar-refractivity contribution in [1.82, 2.24) is 0 Å². The number of anilines is 1. The van der Waals surface area contributed by atoms with Crippen molar-refractivity contribution in [2.45, 2.75) is 27.2 Å². The molecule has 1 aromatic rings. The van der Waals surface area contributed by atoms with Gasteiger partial charge in [0.25, 0.3) is 0 Å². The van der Waals surface area contributed by atoms with Gasteiger partial charge in [0.1, 0.15) is 5.75 Å². The first kappa shape index (κ1) is 13.5. The highest BCUT2D eigenvalue weighted by Gasteiger charge is 2.30. The van der Waals surface area contributed by atoms with Gasteiger partial charge in [-0.1, -0.05) is 19.1 Å². The second-order valence-corrected chi connectivity index (χ2v) is 4.54. The molecule has 0 heterocycles. The minimum absolute atomic E-state index is 0.108. The van der Waals surface area contributed by atoms with Crippen molar-refractivity contribution in [2.75, 3.05) is 11.9 Å². The summed E-state index contributed by atoms with van der Waals surface area (Å²) in [5, 5.41) is 12.5. The molecule has 1 unspecified atom stereocenters. The summed E-state index contributed by atoms with van der Waals surface area (Å²) in [6.07, 6.45) is 0.655. The van der Waals surface area contributed by atoms with E-state index in [2.05, 4.69) is 5.32 Å². The molecule has 4 N–H and O–H groups in total. The lowest BCUT2D eigenvalue weighted by Crippen LogP contribution is -2.39. The first-order chi connectivity index (χ1) is 7.94. The largest absolute Gasteiger partial charge is 0.505 e.